The second kappa shape index (κ2) is 10.2. The lowest BCUT2D eigenvalue weighted by Crippen LogP contribution is -2.03. The van der Waals surface area contributed by atoms with Gasteiger partial charge in [0.1, 0.15) is 0 Å². The molecule has 0 radical (unpaired) electrons. The van der Waals surface area contributed by atoms with Crippen LogP contribution in [0.1, 0.15) is 0 Å². The molecule has 0 bridgehead atoms. The summed E-state index contributed by atoms with van der Waals surface area (Å²) in [5.74, 6) is 0.653. The summed E-state index contributed by atoms with van der Waals surface area (Å²) in [4.78, 5) is 14.8. The molecule has 210 valence electrons. The van der Waals surface area contributed by atoms with Gasteiger partial charge in [0, 0.05) is 34.1 Å². The van der Waals surface area contributed by atoms with E-state index < -0.39 is 0 Å². The van der Waals surface area contributed by atoms with Gasteiger partial charge in [-0.1, -0.05) is 115 Å². The molecule has 0 unspecified atom stereocenters. The highest BCUT2D eigenvalue weighted by atomic mass is 15.2. The number of pyridine rings is 1. The van der Waals surface area contributed by atoms with E-state index in [1.165, 1.54) is 27.1 Å². The molecule has 0 amide bonds. The molecule has 4 heteroatoms. The highest BCUT2D eigenvalue weighted by Crippen LogP contribution is 2.37. The Kier molecular flexibility index (Phi) is 5.78. The topological polar surface area (TPSA) is 43.6 Å². The van der Waals surface area contributed by atoms with Gasteiger partial charge in [0.25, 0.3) is 0 Å². The van der Waals surface area contributed by atoms with E-state index in [2.05, 4.69) is 143 Å². The van der Waals surface area contributed by atoms with Gasteiger partial charge in [0.15, 0.2) is 0 Å². The summed E-state index contributed by atoms with van der Waals surface area (Å²) in [5, 5.41) is 5.78. The van der Waals surface area contributed by atoms with Crippen LogP contribution >= 0.6 is 0 Å². The molecule has 3 aromatic heterocycles. The van der Waals surface area contributed by atoms with E-state index in [9.17, 15) is 0 Å². The van der Waals surface area contributed by atoms with Crippen molar-refractivity contribution in [2.45, 2.75) is 0 Å². The summed E-state index contributed by atoms with van der Waals surface area (Å²) in [5.41, 5.74) is 9.55. The molecule has 45 heavy (non-hydrogen) atoms. The SMILES string of the molecule is c1ccc(-c2ccc3c4cc5ccccc5cc4n(-c4nc(-c5ccc(-c6cccnc6)cc5)c5ccccc5n4)c3c2)cc1. The number of para-hydroxylation sites is 1. The Morgan fingerprint density at radius 1 is 0.422 bits per heavy atom. The maximum absolute atomic E-state index is 5.34. The van der Waals surface area contributed by atoms with Gasteiger partial charge in [-0.25, -0.2) is 9.97 Å². The summed E-state index contributed by atoms with van der Waals surface area (Å²) in [6.45, 7) is 0. The van der Waals surface area contributed by atoms with Crippen molar-refractivity contribution in [1.82, 2.24) is 19.5 Å². The Labute approximate surface area is 259 Å². The molecule has 0 aliphatic carbocycles. The zero-order valence-electron chi connectivity index (χ0n) is 24.3. The normalized spacial score (nSPS) is 11.6. The van der Waals surface area contributed by atoms with Crippen molar-refractivity contribution >= 4 is 43.5 Å². The van der Waals surface area contributed by atoms with Crippen LogP contribution in [0.2, 0.25) is 0 Å². The molecule has 3 heterocycles. The van der Waals surface area contributed by atoms with E-state index in [-0.39, 0.29) is 0 Å². The lowest BCUT2D eigenvalue weighted by atomic mass is 10.0. The predicted molar refractivity (Wildman–Crippen MR) is 185 cm³/mol. The van der Waals surface area contributed by atoms with Crippen LogP contribution in [0.5, 0.6) is 0 Å². The number of aromatic nitrogens is 4. The molecule has 0 fully saturated rings. The first-order valence-electron chi connectivity index (χ1n) is 15.1. The van der Waals surface area contributed by atoms with Crippen LogP contribution < -0.4 is 0 Å². The van der Waals surface area contributed by atoms with Gasteiger partial charge < -0.3 is 0 Å². The molecule has 0 spiro atoms. The fourth-order valence-electron chi connectivity index (χ4n) is 6.47. The Bertz CT molecular complexity index is 2520. The maximum Gasteiger partial charge on any atom is 0.235 e. The minimum atomic E-state index is 0.653. The second-order valence-electron chi connectivity index (χ2n) is 11.4. The minimum absolute atomic E-state index is 0.653. The van der Waals surface area contributed by atoms with Crippen LogP contribution in [0, 0.1) is 0 Å². The first-order chi connectivity index (χ1) is 22.3. The maximum atomic E-state index is 5.34. The van der Waals surface area contributed by atoms with Crippen LogP contribution in [-0.2, 0) is 0 Å². The van der Waals surface area contributed by atoms with Gasteiger partial charge >= 0.3 is 0 Å². The molecular formula is C41H26N4. The fraction of sp³-hybridized carbons (Fsp3) is 0. The van der Waals surface area contributed by atoms with Crippen molar-refractivity contribution in [3.63, 3.8) is 0 Å². The average molecular weight is 575 g/mol. The summed E-state index contributed by atoms with van der Waals surface area (Å²) in [7, 11) is 0. The van der Waals surface area contributed by atoms with Crippen LogP contribution in [0.25, 0.3) is 82.9 Å². The predicted octanol–water partition coefficient (Wildman–Crippen LogP) is 10.3. The van der Waals surface area contributed by atoms with E-state index in [0.29, 0.717) is 5.95 Å². The molecule has 6 aromatic carbocycles. The van der Waals surface area contributed by atoms with Gasteiger partial charge in [0.05, 0.1) is 22.2 Å². The highest BCUT2D eigenvalue weighted by molar-refractivity contribution is 6.14. The number of fused-ring (bicyclic) bond motifs is 5. The summed E-state index contributed by atoms with van der Waals surface area (Å²) >= 11 is 0. The van der Waals surface area contributed by atoms with E-state index in [0.717, 1.165) is 49.9 Å². The van der Waals surface area contributed by atoms with Crippen molar-refractivity contribution < 1.29 is 0 Å². The number of rotatable bonds is 4. The standard InChI is InChI=1S/C41H26N4/c1-2-9-27(10-3-1)32-20-21-34-36-23-30-11-4-5-12-31(30)24-39(36)45(38(34)25-32)41-43-37-15-7-6-14-35(37)40(44-41)29-18-16-28(17-19-29)33-13-8-22-42-26-33/h1-26H. The van der Waals surface area contributed by atoms with E-state index in [1.807, 2.05) is 18.3 Å². The van der Waals surface area contributed by atoms with E-state index in [4.69, 9.17) is 9.97 Å². The van der Waals surface area contributed by atoms with Crippen LogP contribution in [0.15, 0.2) is 158 Å². The van der Waals surface area contributed by atoms with Crippen molar-refractivity contribution in [2.24, 2.45) is 0 Å². The molecular weight excluding hydrogens is 548 g/mol. The fourth-order valence-corrected chi connectivity index (χ4v) is 6.47. The summed E-state index contributed by atoms with van der Waals surface area (Å²) in [6.07, 6.45) is 3.69. The van der Waals surface area contributed by atoms with Gasteiger partial charge in [-0.2, -0.15) is 0 Å². The minimum Gasteiger partial charge on any atom is -0.278 e. The molecule has 0 aliphatic rings. The first kappa shape index (κ1) is 25.4. The third-order valence-corrected chi connectivity index (χ3v) is 8.69. The van der Waals surface area contributed by atoms with Gasteiger partial charge in [-0.3, -0.25) is 9.55 Å². The highest BCUT2D eigenvalue weighted by Gasteiger charge is 2.19. The largest absolute Gasteiger partial charge is 0.278 e. The third-order valence-electron chi connectivity index (χ3n) is 8.69. The van der Waals surface area contributed by atoms with Crippen LogP contribution in [-0.4, -0.2) is 19.5 Å². The molecule has 9 aromatic rings. The lowest BCUT2D eigenvalue weighted by Gasteiger charge is -2.13. The molecule has 9 rings (SSSR count). The van der Waals surface area contributed by atoms with Crippen molar-refractivity contribution in [3.8, 4) is 39.5 Å². The summed E-state index contributed by atoms with van der Waals surface area (Å²) < 4.78 is 2.24. The van der Waals surface area contributed by atoms with Gasteiger partial charge in [-0.05, 0) is 63.4 Å². The molecule has 4 nitrogen and oxygen atoms in total. The monoisotopic (exact) mass is 574 g/mol. The van der Waals surface area contributed by atoms with Crippen molar-refractivity contribution in [3.05, 3.63) is 158 Å². The molecule has 0 saturated heterocycles. The molecule has 0 aliphatic heterocycles. The van der Waals surface area contributed by atoms with Crippen molar-refractivity contribution in [2.75, 3.05) is 0 Å². The Morgan fingerprint density at radius 3 is 1.91 bits per heavy atom. The third kappa shape index (κ3) is 4.27. The quantitative estimate of drug-likeness (QED) is 0.210. The number of nitrogens with zero attached hydrogens (tertiary/aromatic N) is 4. The van der Waals surface area contributed by atoms with Gasteiger partial charge in [0.2, 0.25) is 5.95 Å². The molecule has 0 atom stereocenters. The first-order valence-corrected chi connectivity index (χ1v) is 15.1. The number of benzene rings is 6. The Hall–Kier alpha value is -6.13. The molecule has 0 saturated carbocycles. The zero-order chi connectivity index (χ0) is 29.7. The lowest BCUT2D eigenvalue weighted by molar-refractivity contribution is 1.01. The van der Waals surface area contributed by atoms with Crippen LogP contribution in [0.3, 0.4) is 0 Å². The van der Waals surface area contributed by atoms with Crippen molar-refractivity contribution in [1.29, 1.82) is 0 Å². The zero-order valence-corrected chi connectivity index (χ0v) is 24.3. The van der Waals surface area contributed by atoms with E-state index >= 15 is 0 Å². The summed E-state index contributed by atoms with van der Waals surface area (Å²) in [6, 6.07) is 51.3. The number of hydrogen-bond acceptors (Lipinski definition) is 3. The van der Waals surface area contributed by atoms with E-state index in [1.54, 1.807) is 6.20 Å². The van der Waals surface area contributed by atoms with Crippen LogP contribution in [0.4, 0.5) is 0 Å². The average Bonchev–Trinajstić information content (AvgIpc) is 3.43. The Morgan fingerprint density at radius 2 is 1.09 bits per heavy atom. The molecule has 0 N–H and O–H groups in total. The van der Waals surface area contributed by atoms with Gasteiger partial charge in [-0.15, -0.1) is 0 Å². The number of hydrogen-bond donors (Lipinski definition) is 0. The Balaban J connectivity index is 1.32. The smallest absolute Gasteiger partial charge is 0.235 e. The second-order valence-corrected chi connectivity index (χ2v) is 11.4.